The molecule has 0 spiro atoms. The van der Waals surface area contributed by atoms with E-state index in [2.05, 4.69) is 4.98 Å². The maximum Gasteiger partial charge on any atom is 0.461 e. The number of carboxylic acids is 1. The van der Waals surface area contributed by atoms with E-state index < -0.39 is 41.3 Å². The van der Waals surface area contributed by atoms with Gasteiger partial charge in [-0.25, -0.2) is 14.8 Å². The maximum atomic E-state index is 12.8. The summed E-state index contributed by atoms with van der Waals surface area (Å²) < 4.78 is 98.7. The van der Waals surface area contributed by atoms with Gasteiger partial charge in [-0.15, -0.1) is 0 Å². The minimum absolute atomic E-state index is 0.257. The Labute approximate surface area is 104 Å². The average Bonchev–Trinajstić information content (AvgIpc) is 2.25. The van der Waals surface area contributed by atoms with E-state index in [0.717, 1.165) is 0 Å². The minimum atomic E-state index is -6.22. The number of rotatable bonds is 2. The first-order valence-corrected chi connectivity index (χ1v) is 4.41. The number of nitrogens with zero attached hydrogens (tertiary/aromatic N) is 2. The highest BCUT2D eigenvalue weighted by Crippen LogP contribution is 2.43. The molecular formula is C8H2F8N2O2. The SMILES string of the molecule is O=C(O)c1cnc(C(F)(F)C(F)(F)F)nc1C(F)(F)F. The van der Waals surface area contributed by atoms with Crippen LogP contribution in [-0.2, 0) is 12.1 Å². The molecule has 0 saturated carbocycles. The molecule has 0 unspecified atom stereocenters. The number of halogens is 8. The number of aromatic carboxylic acids is 1. The fraction of sp³-hybridized carbons (Fsp3) is 0.375. The van der Waals surface area contributed by atoms with E-state index in [-0.39, 0.29) is 6.20 Å². The van der Waals surface area contributed by atoms with Crippen LogP contribution in [0.3, 0.4) is 0 Å². The first-order valence-electron chi connectivity index (χ1n) is 4.41. The first-order chi connectivity index (χ1) is 8.78. The molecule has 1 aromatic heterocycles. The first kappa shape index (κ1) is 16.0. The van der Waals surface area contributed by atoms with Gasteiger partial charge in [0, 0.05) is 6.20 Å². The van der Waals surface area contributed by atoms with E-state index in [4.69, 9.17) is 5.11 Å². The van der Waals surface area contributed by atoms with Crippen LogP contribution in [0.2, 0.25) is 0 Å². The lowest BCUT2D eigenvalue weighted by Crippen LogP contribution is -2.36. The van der Waals surface area contributed by atoms with Crippen molar-refractivity contribution in [1.29, 1.82) is 0 Å². The molecule has 0 aliphatic heterocycles. The van der Waals surface area contributed by atoms with Crippen molar-refractivity contribution in [2.75, 3.05) is 0 Å². The summed E-state index contributed by atoms with van der Waals surface area (Å²) in [7, 11) is 0. The molecule has 0 aromatic carbocycles. The second-order valence-corrected chi connectivity index (χ2v) is 3.33. The third kappa shape index (κ3) is 2.77. The summed E-state index contributed by atoms with van der Waals surface area (Å²) in [5.74, 6) is -10.5. The van der Waals surface area contributed by atoms with Crippen molar-refractivity contribution in [2.24, 2.45) is 0 Å². The van der Waals surface area contributed by atoms with Crippen LogP contribution in [0.5, 0.6) is 0 Å². The van der Waals surface area contributed by atoms with Gasteiger partial charge in [-0.2, -0.15) is 35.1 Å². The molecule has 0 saturated heterocycles. The van der Waals surface area contributed by atoms with Crippen molar-refractivity contribution >= 4 is 5.97 Å². The zero-order chi connectivity index (χ0) is 15.9. The summed E-state index contributed by atoms with van der Waals surface area (Å²) in [6.45, 7) is 0. The number of carbonyl (C=O) groups is 1. The second-order valence-electron chi connectivity index (χ2n) is 3.33. The lowest BCUT2D eigenvalue weighted by molar-refractivity contribution is -0.292. The predicted octanol–water partition coefficient (Wildman–Crippen LogP) is 2.85. The van der Waals surface area contributed by atoms with Crippen LogP contribution in [0.25, 0.3) is 0 Å². The van der Waals surface area contributed by atoms with Crippen molar-refractivity contribution in [2.45, 2.75) is 18.3 Å². The topological polar surface area (TPSA) is 63.1 Å². The maximum absolute atomic E-state index is 12.8. The van der Waals surface area contributed by atoms with Gasteiger partial charge in [0.15, 0.2) is 5.69 Å². The zero-order valence-corrected chi connectivity index (χ0v) is 8.85. The lowest BCUT2D eigenvalue weighted by atomic mass is 10.2. The molecule has 0 radical (unpaired) electrons. The van der Waals surface area contributed by atoms with Crippen LogP contribution < -0.4 is 0 Å². The number of hydrogen-bond donors (Lipinski definition) is 1. The van der Waals surface area contributed by atoms with Gasteiger partial charge in [0.25, 0.3) is 0 Å². The normalized spacial score (nSPS) is 13.4. The van der Waals surface area contributed by atoms with E-state index in [9.17, 15) is 39.9 Å². The van der Waals surface area contributed by atoms with Gasteiger partial charge in [0.05, 0.1) is 0 Å². The summed E-state index contributed by atoms with van der Waals surface area (Å²) in [5.41, 5.74) is -4.03. The number of alkyl halides is 8. The summed E-state index contributed by atoms with van der Waals surface area (Å²) in [6, 6.07) is 0. The minimum Gasteiger partial charge on any atom is -0.478 e. The van der Waals surface area contributed by atoms with Crippen LogP contribution in [0.15, 0.2) is 6.20 Å². The summed E-state index contributed by atoms with van der Waals surface area (Å²) >= 11 is 0. The molecule has 1 heterocycles. The van der Waals surface area contributed by atoms with Crippen molar-refractivity contribution in [3.05, 3.63) is 23.3 Å². The number of hydrogen-bond acceptors (Lipinski definition) is 3. The van der Waals surface area contributed by atoms with Crippen LogP contribution in [0.1, 0.15) is 21.9 Å². The largest absolute Gasteiger partial charge is 0.478 e. The van der Waals surface area contributed by atoms with Gasteiger partial charge >= 0.3 is 24.2 Å². The molecule has 12 heteroatoms. The third-order valence-corrected chi connectivity index (χ3v) is 1.92. The van der Waals surface area contributed by atoms with E-state index in [0.29, 0.717) is 0 Å². The Kier molecular flexibility index (Phi) is 3.63. The molecule has 112 valence electrons. The predicted molar refractivity (Wildman–Crippen MR) is 43.9 cm³/mol. The van der Waals surface area contributed by atoms with Crippen molar-refractivity contribution in [3.8, 4) is 0 Å². The Bertz CT molecular complexity index is 536. The fourth-order valence-electron chi connectivity index (χ4n) is 1.03. The average molecular weight is 310 g/mol. The molecule has 0 aliphatic rings. The Hall–Kier alpha value is -2.01. The standard InChI is InChI=1S/C8H2F8N2O2/c9-6(10,8(14,15)16)5-17-1-2(4(19)20)3(18-5)7(11,12)13/h1H,(H,19,20). The second kappa shape index (κ2) is 4.52. The van der Waals surface area contributed by atoms with Gasteiger partial charge < -0.3 is 5.11 Å². The van der Waals surface area contributed by atoms with E-state index in [1.807, 2.05) is 4.98 Å². The zero-order valence-electron chi connectivity index (χ0n) is 8.85. The molecule has 20 heavy (non-hydrogen) atoms. The van der Waals surface area contributed by atoms with Crippen molar-refractivity contribution < 1.29 is 45.0 Å². The molecule has 1 aromatic rings. The summed E-state index contributed by atoms with van der Waals surface area (Å²) in [6.07, 6.45) is -12.0. The van der Waals surface area contributed by atoms with Crippen LogP contribution in [0, 0.1) is 0 Å². The highest BCUT2D eigenvalue weighted by atomic mass is 19.4. The molecule has 0 fully saturated rings. The van der Waals surface area contributed by atoms with Crippen molar-refractivity contribution in [3.63, 3.8) is 0 Å². The molecule has 1 N–H and O–H groups in total. The van der Waals surface area contributed by atoms with E-state index in [1.165, 1.54) is 0 Å². The molecule has 1 rings (SSSR count). The lowest BCUT2D eigenvalue weighted by Gasteiger charge is -2.19. The van der Waals surface area contributed by atoms with Crippen LogP contribution in [0.4, 0.5) is 35.1 Å². The molecule has 0 amide bonds. The highest BCUT2D eigenvalue weighted by Gasteiger charge is 2.61. The molecular weight excluding hydrogens is 308 g/mol. The Morgan fingerprint density at radius 1 is 1.05 bits per heavy atom. The Morgan fingerprint density at radius 2 is 1.55 bits per heavy atom. The Morgan fingerprint density at radius 3 is 1.90 bits per heavy atom. The monoisotopic (exact) mass is 310 g/mol. The molecule has 0 atom stereocenters. The van der Waals surface area contributed by atoms with Gasteiger partial charge in [-0.3, -0.25) is 0 Å². The Balaban J connectivity index is 3.53. The molecule has 0 aliphatic carbocycles. The van der Waals surface area contributed by atoms with E-state index in [1.54, 1.807) is 0 Å². The van der Waals surface area contributed by atoms with Gasteiger partial charge in [-0.05, 0) is 0 Å². The number of aromatic nitrogens is 2. The van der Waals surface area contributed by atoms with E-state index >= 15 is 0 Å². The highest BCUT2D eigenvalue weighted by molar-refractivity contribution is 5.88. The number of carboxylic acid groups (broad SMARTS) is 1. The summed E-state index contributed by atoms with van der Waals surface area (Å²) in [4.78, 5) is 14.8. The van der Waals surface area contributed by atoms with Gasteiger partial charge in [0.2, 0.25) is 5.82 Å². The van der Waals surface area contributed by atoms with Gasteiger partial charge in [0.1, 0.15) is 5.56 Å². The molecule has 4 nitrogen and oxygen atoms in total. The third-order valence-electron chi connectivity index (χ3n) is 1.92. The van der Waals surface area contributed by atoms with Crippen molar-refractivity contribution in [1.82, 2.24) is 9.97 Å². The smallest absolute Gasteiger partial charge is 0.461 e. The van der Waals surface area contributed by atoms with Crippen LogP contribution in [-0.4, -0.2) is 27.2 Å². The quantitative estimate of drug-likeness (QED) is 0.853. The summed E-state index contributed by atoms with van der Waals surface area (Å²) in [5, 5.41) is 8.39. The van der Waals surface area contributed by atoms with Gasteiger partial charge in [-0.1, -0.05) is 0 Å². The van der Waals surface area contributed by atoms with Crippen LogP contribution >= 0.6 is 0 Å². The fourth-order valence-corrected chi connectivity index (χ4v) is 1.03. The molecule has 0 bridgehead atoms.